The number of hydrogen-bond acceptors (Lipinski definition) is 4. The number of likely N-dealkylation sites (N-methyl/N-ethyl adjacent to an activating group) is 1. The zero-order valence-corrected chi connectivity index (χ0v) is 11.5. The highest BCUT2D eigenvalue weighted by Gasteiger charge is 2.02. The van der Waals surface area contributed by atoms with Crippen LogP contribution in [-0.4, -0.2) is 64.1 Å². The summed E-state index contributed by atoms with van der Waals surface area (Å²) in [5.74, 6) is 0. The molecule has 1 N–H and O–H groups in total. The van der Waals surface area contributed by atoms with Gasteiger partial charge in [0.15, 0.2) is 0 Å². The van der Waals surface area contributed by atoms with Crippen LogP contribution in [0.1, 0.15) is 20.8 Å². The maximum Gasteiger partial charge on any atom is 0.0613 e. The van der Waals surface area contributed by atoms with Crippen molar-refractivity contribution in [2.45, 2.75) is 32.9 Å². The number of rotatable bonds is 10. The molecule has 1 atom stereocenters. The summed E-state index contributed by atoms with van der Waals surface area (Å²) in [4.78, 5) is 2.27. The largest absolute Gasteiger partial charge is 0.383 e. The molecule has 0 fully saturated rings. The summed E-state index contributed by atoms with van der Waals surface area (Å²) >= 11 is 0. The highest BCUT2D eigenvalue weighted by molar-refractivity contribution is 4.61. The van der Waals surface area contributed by atoms with Crippen molar-refractivity contribution in [2.75, 3.05) is 47.0 Å². The van der Waals surface area contributed by atoms with Gasteiger partial charge in [-0.2, -0.15) is 0 Å². The summed E-state index contributed by atoms with van der Waals surface area (Å²) in [5, 5.41) is 3.41. The molecule has 0 saturated carbocycles. The molecule has 4 heteroatoms. The van der Waals surface area contributed by atoms with Crippen LogP contribution >= 0.6 is 0 Å². The van der Waals surface area contributed by atoms with Crippen molar-refractivity contribution < 1.29 is 9.47 Å². The van der Waals surface area contributed by atoms with Crippen LogP contribution in [0, 0.1) is 0 Å². The first-order chi connectivity index (χ1) is 7.56. The van der Waals surface area contributed by atoms with Crippen LogP contribution < -0.4 is 5.32 Å². The third kappa shape index (κ3) is 10.4. The third-order valence-electron chi connectivity index (χ3n) is 2.33. The fourth-order valence-corrected chi connectivity index (χ4v) is 1.37. The third-order valence-corrected chi connectivity index (χ3v) is 2.33. The van der Waals surface area contributed by atoms with Crippen LogP contribution in [0.15, 0.2) is 0 Å². The number of hydrogen-bond donors (Lipinski definition) is 1. The molecule has 0 aromatic rings. The Morgan fingerprint density at radius 3 is 2.44 bits per heavy atom. The van der Waals surface area contributed by atoms with Gasteiger partial charge in [0.25, 0.3) is 0 Å². The maximum atomic E-state index is 5.50. The van der Waals surface area contributed by atoms with Crippen molar-refractivity contribution >= 4 is 0 Å². The summed E-state index contributed by atoms with van der Waals surface area (Å²) in [5.41, 5.74) is 0. The SMILES string of the molecule is COCC(C)NCCN(C)CCOC(C)C. The molecule has 0 aromatic carbocycles. The van der Waals surface area contributed by atoms with E-state index < -0.39 is 0 Å². The van der Waals surface area contributed by atoms with Crippen molar-refractivity contribution in [1.82, 2.24) is 10.2 Å². The van der Waals surface area contributed by atoms with Crippen LogP contribution in [0.2, 0.25) is 0 Å². The molecule has 0 rings (SSSR count). The second-order valence-corrected chi connectivity index (χ2v) is 4.53. The number of ether oxygens (including phenoxy) is 2. The molecule has 0 spiro atoms. The Morgan fingerprint density at radius 1 is 1.19 bits per heavy atom. The van der Waals surface area contributed by atoms with Gasteiger partial charge < -0.3 is 19.7 Å². The molecule has 0 radical (unpaired) electrons. The Labute approximate surface area is 100 Å². The zero-order chi connectivity index (χ0) is 12.4. The Kier molecular flexibility index (Phi) is 9.92. The van der Waals surface area contributed by atoms with E-state index in [9.17, 15) is 0 Å². The number of nitrogens with zero attached hydrogens (tertiary/aromatic N) is 1. The molecule has 0 aliphatic rings. The lowest BCUT2D eigenvalue weighted by Crippen LogP contribution is -2.37. The quantitative estimate of drug-likeness (QED) is 0.608. The molecule has 0 aliphatic heterocycles. The minimum atomic E-state index is 0.327. The fraction of sp³-hybridized carbons (Fsp3) is 1.00. The summed E-state index contributed by atoms with van der Waals surface area (Å²) in [6.07, 6.45) is 0.327. The second-order valence-electron chi connectivity index (χ2n) is 4.53. The molecule has 0 amide bonds. The minimum Gasteiger partial charge on any atom is -0.383 e. The van der Waals surface area contributed by atoms with Crippen LogP contribution in [0.3, 0.4) is 0 Å². The maximum absolute atomic E-state index is 5.50. The Bertz CT molecular complexity index is 154. The van der Waals surface area contributed by atoms with Gasteiger partial charge in [0.2, 0.25) is 0 Å². The van der Waals surface area contributed by atoms with E-state index in [1.54, 1.807) is 7.11 Å². The topological polar surface area (TPSA) is 33.7 Å². The van der Waals surface area contributed by atoms with Crippen molar-refractivity contribution in [1.29, 1.82) is 0 Å². The highest BCUT2D eigenvalue weighted by atomic mass is 16.5. The van der Waals surface area contributed by atoms with Gasteiger partial charge in [-0.15, -0.1) is 0 Å². The normalized spacial score (nSPS) is 13.7. The fourth-order valence-electron chi connectivity index (χ4n) is 1.37. The van der Waals surface area contributed by atoms with Gasteiger partial charge in [-0.1, -0.05) is 0 Å². The van der Waals surface area contributed by atoms with Crippen molar-refractivity contribution in [2.24, 2.45) is 0 Å². The van der Waals surface area contributed by atoms with E-state index in [1.165, 1.54) is 0 Å². The molecule has 4 nitrogen and oxygen atoms in total. The van der Waals surface area contributed by atoms with Crippen LogP contribution in [0.5, 0.6) is 0 Å². The molecule has 0 heterocycles. The smallest absolute Gasteiger partial charge is 0.0613 e. The molecular formula is C12H28N2O2. The molecule has 16 heavy (non-hydrogen) atoms. The van der Waals surface area contributed by atoms with Crippen LogP contribution in [0.4, 0.5) is 0 Å². The molecule has 1 unspecified atom stereocenters. The van der Waals surface area contributed by atoms with E-state index in [0.717, 1.165) is 32.8 Å². The van der Waals surface area contributed by atoms with Crippen molar-refractivity contribution in [3.63, 3.8) is 0 Å². The lowest BCUT2D eigenvalue weighted by molar-refractivity contribution is 0.0637. The molecule has 0 aromatic heterocycles. The van der Waals surface area contributed by atoms with Gasteiger partial charge in [-0.25, -0.2) is 0 Å². The Morgan fingerprint density at radius 2 is 1.88 bits per heavy atom. The summed E-state index contributed by atoms with van der Waals surface area (Å²) in [6.45, 7) is 10.8. The van der Waals surface area contributed by atoms with Gasteiger partial charge >= 0.3 is 0 Å². The predicted molar refractivity (Wildman–Crippen MR) is 67.9 cm³/mol. The molecule has 0 bridgehead atoms. The van der Waals surface area contributed by atoms with E-state index in [1.807, 2.05) is 0 Å². The molecular weight excluding hydrogens is 204 g/mol. The summed E-state index contributed by atoms with van der Waals surface area (Å²) < 4.78 is 10.6. The van der Waals surface area contributed by atoms with E-state index in [4.69, 9.17) is 9.47 Å². The van der Waals surface area contributed by atoms with E-state index in [-0.39, 0.29) is 0 Å². The number of methoxy groups -OCH3 is 1. The summed E-state index contributed by atoms with van der Waals surface area (Å²) in [7, 11) is 3.85. The minimum absolute atomic E-state index is 0.327. The highest BCUT2D eigenvalue weighted by Crippen LogP contribution is 1.89. The van der Waals surface area contributed by atoms with Crippen LogP contribution in [-0.2, 0) is 9.47 Å². The van der Waals surface area contributed by atoms with Crippen LogP contribution in [0.25, 0.3) is 0 Å². The van der Waals surface area contributed by atoms with E-state index in [0.29, 0.717) is 12.1 Å². The average Bonchev–Trinajstić information content (AvgIpc) is 2.17. The predicted octanol–water partition coefficient (Wildman–Crippen LogP) is 0.968. The van der Waals surface area contributed by atoms with Crippen molar-refractivity contribution in [3.05, 3.63) is 0 Å². The lowest BCUT2D eigenvalue weighted by atomic mass is 10.3. The first kappa shape index (κ1) is 15.8. The van der Waals surface area contributed by atoms with E-state index in [2.05, 4.69) is 38.0 Å². The first-order valence-electron chi connectivity index (χ1n) is 6.08. The molecule has 0 aliphatic carbocycles. The van der Waals surface area contributed by atoms with Gasteiger partial charge in [0.1, 0.15) is 0 Å². The monoisotopic (exact) mass is 232 g/mol. The zero-order valence-electron chi connectivity index (χ0n) is 11.5. The first-order valence-corrected chi connectivity index (χ1v) is 6.08. The van der Waals surface area contributed by atoms with Gasteiger partial charge in [0.05, 0.1) is 19.3 Å². The standard InChI is InChI=1S/C12H28N2O2/c1-11(2)16-9-8-14(4)7-6-13-12(3)10-15-5/h11-13H,6-10H2,1-5H3. The Hall–Kier alpha value is -0.160. The van der Waals surface area contributed by atoms with Gasteiger partial charge in [0, 0.05) is 32.8 Å². The summed E-state index contributed by atoms with van der Waals surface area (Å²) in [6, 6.07) is 0.422. The Balaban J connectivity index is 3.32. The second kappa shape index (κ2) is 10.0. The molecule has 0 saturated heterocycles. The van der Waals surface area contributed by atoms with Gasteiger partial charge in [-0.05, 0) is 27.8 Å². The van der Waals surface area contributed by atoms with Gasteiger partial charge in [-0.3, -0.25) is 0 Å². The van der Waals surface area contributed by atoms with Crippen molar-refractivity contribution in [3.8, 4) is 0 Å². The molecule has 98 valence electrons. The lowest BCUT2D eigenvalue weighted by Gasteiger charge is -2.19. The average molecular weight is 232 g/mol. The number of nitrogens with one attached hydrogen (secondary N) is 1. The van der Waals surface area contributed by atoms with E-state index >= 15 is 0 Å².